The number of benzene rings is 1. The molecule has 1 unspecified atom stereocenters. The third-order valence-electron chi connectivity index (χ3n) is 7.55. The fourth-order valence-electron chi connectivity index (χ4n) is 5.53. The van der Waals surface area contributed by atoms with E-state index in [0.717, 1.165) is 25.9 Å². The number of halogens is 2. The summed E-state index contributed by atoms with van der Waals surface area (Å²) in [5.74, 6) is -3.42. The van der Waals surface area contributed by atoms with Crippen LogP contribution in [-0.2, 0) is 10.4 Å². The third kappa shape index (κ3) is 3.24. The minimum absolute atomic E-state index is 0.156. The van der Waals surface area contributed by atoms with Crippen LogP contribution in [0.5, 0.6) is 0 Å². The molecule has 3 fully saturated rings. The maximum atomic E-state index is 13.9. The SMILES string of the molecule is CC1CNCC12CCN(C(=O)[C@](O)(c1ccccc1)[C@@H]1CCC(F)(F)C1)CC2. The lowest BCUT2D eigenvalue weighted by atomic mass is 9.71. The predicted octanol–water partition coefficient (Wildman–Crippen LogP) is 3.16. The Morgan fingerprint density at radius 1 is 1.21 bits per heavy atom. The summed E-state index contributed by atoms with van der Waals surface area (Å²) >= 11 is 0. The summed E-state index contributed by atoms with van der Waals surface area (Å²) < 4.78 is 27.9. The van der Waals surface area contributed by atoms with Crippen molar-refractivity contribution in [1.82, 2.24) is 10.2 Å². The van der Waals surface area contributed by atoms with Gasteiger partial charge in [0.2, 0.25) is 5.92 Å². The highest BCUT2D eigenvalue weighted by molar-refractivity contribution is 5.87. The van der Waals surface area contributed by atoms with Crippen molar-refractivity contribution in [2.24, 2.45) is 17.3 Å². The quantitative estimate of drug-likeness (QED) is 0.831. The highest BCUT2D eigenvalue weighted by atomic mass is 19.3. The van der Waals surface area contributed by atoms with E-state index in [1.807, 2.05) is 0 Å². The van der Waals surface area contributed by atoms with Crippen LogP contribution in [-0.4, -0.2) is 48.0 Å². The molecule has 0 bridgehead atoms. The van der Waals surface area contributed by atoms with E-state index in [1.54, 1.807) is 35.2 Å². The summed E-state index contributed by atoms with van der Waals surface area (Å²) in [6.45, 7) is 5.36. The Labute approximate surface area is 165 Å². The molecule has 2 heterocycles. The second kappa shape index (κ2) is 7.06. The van der Waals surface area contributed by atoms with Crippen molar-refractivity contribution < 1.29 is 18.7 Å². The highest BCUT2D eigenvalue weighted by Crippen LogP contribution is 2.49. The van der Waals surface area contributed by atoms with Gasteiger partial charge in [-0.3, -0.25) is 4.79 Å². The van der Waals surface area contributed by atoms with Gasteiger partial charge in [0.15, 0.2) is 5.60 Å². The summed E-state index contributed by atoms with van der Waals surface area (Å²) in [6, 6.07) is 8.66. The number of likely N-dealkylation sites (tertiary alicyclic amines) is 1. The van der Waals surface area contributed by atoms with Gasteiger partial charge in [0.25, 0.3) is 5.91 Å². The van der Waals surface area contributed by atoms with Crippen molar-refractivity contribution in [3.63, 3.8) is 0 Å². The Bertz CT molecular complexity index is 719. The smallest absolute Gasteiger partial charge is 0.259 e. The Hall–Kier alpha value is -1.53. The van der Waals surface area contributed by atoms with Crippen LogP contribution in [0.2, 0.25) is 0 Å². The maximum absolute atomic E-state index is 13.9. The van der Waals surface area contributed by atoms with Crippen molar-refractivity contribution in [2.45, 2.75) is 50.6 Å². The second-order valence-electron chi connectivity index (χ2n) is 9.11. The number of aliphatic hydroxyl groups is 1. The largest absolute Gasteiger partial charge is 0.375 e. The lowest BCUT2D eigenvalue weighted by Gasteiger charge is -2.45. The number of piperidine rings is 1. The fourth-order valence-corrected chi connectivity index (χ4v) is 5.53. The first-order valence-electron chi connectivity index (χ1n) is 10.4. The number of nitrogens with zero attached hydrogens (tertiary/aromatic N) is 1. The van der Waals surface area contributed by atoms with E-state index in [1.165, 1.54) is 0 Å². The zero-order valence-corrected chi connectivity index (χ0v) is 16.5. The van der Waals surface area contributed by atoms with Crippen LogP contribution in [0.3, 0.4) is 0 Å². The van der Waals surface area contributed by atoms with E-state index in [9.17, 15) is 18.7 Å². The summed E-state index contributed by atoms with van der Waals surface area (Å²) in [7, 11) is 0. The highest BCUT2D eigenvalue weighted by Gasteiger charge is 2.55. The van der Waals surface area contributed by atoms with Crippen LogP contribution in [0, 0.1) is 17.3 Å². The van der Waals surface area contributed by atoms with Gasteiger partial charge in [0.1, 0.15) is 0 Å². The molecule has 3 aliphatic rings. The number of carbonyl (C=O) groups excluding carboxylic acids is 1. The average Bonchev–Trinajstić information content (AvgIpc) is 3.24. The van der Waals surface area contributed by atoms with Gasteiger partial charge in [-0.05, 0) is 42.7 Å². The van der Waals surface area contributed by atoms with Crippen molar-refractivity contribution in [2.75, 3.05) is 26.2 Å². The Kier molecular flexibility index (Phi) is 4.99. The van der Waals surface area contributed by atoms with Gasteiger partial charge in [-0.25, -0.2) is 8.78 Å². The zero-order chi connectivity index (χ0) is 20.0. The molecule has 3 atom stereocenters. The molecule has 1 aromatic rings. The average molecular weight is 392 g/mol. The molecule has 6 heteroatoms. The van der Waals surface area contributed by atoms with Gasteiger partial charge in [0, 0.05) is 38.4 Å². The molecule has 28 heavy (non-hydrogen) atoms. The summed E-state index contributed by atoms with van der Waals surface area (Å²) in [6.07, 6.45) is 1.22. The van der Waals surface area contributed by atoms with Crippen molar-refractivity contribution >= 4 is 5.91 Å². The summed E-state index contributed by atoms with van der Waals surface area (Å²) in [5, 5.41) is 15.1. The van der Waals surface area contributed by atoms with Crippen LogP contribution < -0.4 is 5.32 Å². The van der Waals surface area contributed by atoms with Crippen LogP contribution in [0.25, 0.3) is 0 Å². The maximum Gasteiger partial charge on any atom is 0.259 e. The molecule has 154 valence electrons. The minimum atomic E-state index is -2.81. The molecule has 2 aliphatic heterocycles. The molecular weight excluding hydrogens is 362 g/mol. The van der Waals surface area contributed by atoms with Crippen molar-refractivity contribution in [3.05, 3.63) is 35.9 Å². The van der Waals surface area contributed by atoms with Crippen LogP contribution in [0.15, 0.2) is 30.3 Å². The number of rotatable bonds is 3. The molecule has 2 N–H and O–H groups in total. The monoisotopic (exact) mass is 392 g/mol. The fraction of sp³-hybridized carbons (Fsp3) is 0.682. The van der Waals surface area contributed by atoms with Crippen LogP contribution >= 0.6 is 0 Å². The third-order valence-corrected chi connectivity index (χ3v) is 7.55. The molecular formula is C22H30F2N2O2. The molecule has 0 radical (unpaired) electrons. The van der Waals surface area contributed by atoms with E-state index >= 15 is 0 Å². The van der Waals surface area contributed by atoms with E-state index in [-0.39, 0.29) is 18.3 Å². The summed E-state index contributed by atoms with van der Waals surface area (Å²) in [5.41, 5.74) is -1.24. The van der Waals surface area contributed by atoms with Gasteiger partial charge in [-0.15, -0.1) is 0 Å². The molecule has 1 amide bonds. The molecule has 2 saturated heterocycles. The number of amides is 1. The van der Waals surface area contributed by atoms with E-state index < -0.39 is 29.8 Å². The van der Waals surface area contributed by atoms with Crippen molar-refractivity contribution in [3.8, 4) is 0 Å². The zero-order valence-electron chi connectivity index (χ0n) is 16.5. The molecule has 1 aromatic carbocycles. The summed E-state index contributed by atoms with van der Waals surface area (Å²) in [4.78, 5) is 15.2. The molecule has 0 aromatic heterocycles. The van der Waals surface area contributed by atoms with Gasteiger partial charge >= 0.3 is 0 Å². The van der Waals surface area contributed by atoms with Crippen LogP contribution in [0.4, 0.5) is 8.78 Å². The van der Waals surface area contributed by atoms with Gasteiger partial charge in [-0.2, -0.15) is 0 Å². The number of alkyl halides is 2. The number of hydrogen-bond donors (Lipinski definition) is 2. The van der Waals surface area contributed by atoms with Crippen molar-refractivity contribution in [1.29, 1.82) is 0 Å². The number of nitrogens with one attached hydrogen (secondary N) is 1. The normalized spacial score (nSPS) is 31.1. The predicted molar refractivity (Wildman–Crippen MR) is 103 cm³/mol. The van der Waals surface area contributed by atoms with E-state index in [0.29, 0.717) is 24.6 Å². The Morgan fingerprint density at radius 3 is 2.43 bits per heavy atom. The topological polar surface area (TPSA) is 52.6 Å². The molecule has 1 spiro atoms. The van der Waals surface area contributed by atoms with Gasteiger partial charge in [-0.1, -0.05) is 37.3 Å². The lowest BCUT2D eigenvalue weighted by molar-refractivity contribution is -0.163. The number of hydrogen-bond acceptors (Lipinski definition) is 3. The minimum Gasteiger partial charge on any atom is -0.375 e. The molecule has 1 saturated carbocycles. The first-order chi connectivity index (χ1) is 13.3. The van der Waals surface area contributed by atoms with E-state index in [2.05, 4.69) is 12.2 Å². The first kappa shape index (κ1) is 19.8. The molecule has 4 rings (SSSR count). The van der Waals surface area contributed by atoms with Crippen LogP contribution in [0.1, 0.15) is 44.6 Å². The number of carbonyl (C=O) groups is 1. The van der Waals surface area contributed by atoms with E-state index in [4.69, 9.17) is 0 Å². The standard InChI is InChI=1S/C22H30F2N2O2/c1-16-14-25-15-20(16)9-11-26(12-10-20)19(27)22(28,17-5-3-2-4-6-17)18-7-8-21(23,24)13-18/h2-6,16,18,25,28H,7-15H2,1H3/t16?,18-,22+/m1/s1. The Balaban J connectivity index is 1.58. The Morgan fingerprint density at radius 2 is 1.89 bits per heavy atom. The van der Waals surface area contributed by atoms with Gasteiger partial charge in [0.05, 0.1) is 0 Å². The molecule has 1 aliphatic carbocycles. The van der Waals surface area contributed by atoms with Gasteiger partial charge < -0.3 is 15.3 Å². The second-order valence-corrected chi connectivity index (χ2v) is 9.11. The molecule has 4 nitrogen and oxygen atoms in total. The lowest BCUT2D eigenvalue weighted by Crippen LogP contribution is -2.55. The first-order valence-corrected chi connectivity index (χ1v) is 10.4.